The number of amides is 1. The summed E-state index contributed by atoms with van der Waals surface area (Å²) >= 11 is 0. The minimum atomic E-state index is -4.31. The number of carboxylic acid groups (broad SMARTS) is 1. The minimum Gasteiger partial charge on any atom is -0.508 e. The van der Waals surface area contributed by atoms with Crippen molar-refractivity contribution in [1.82, 2.24) is 9.80 Å². The Morgan fingerprint density at radius 1 is 1.05 bits per heavy atom. The van der Waals surface area contributed by atoms with Crippen LogP contribution in [0.4, 0.5) is 13.2 Å². The molecule has 3 aliphatic rings. The standard InChI is InChI=1S/C17H21F3N2O.C9H10O2.C2H4O2/c1-12(23)22-9-7-21(8-10-22)11-15-14-4-2-3-13(14)5-6-16(15)17(18,19)20;1-6-5-11-9-4-7(10)2-3-8(6)9;1-2(3)4/h5-6H,2-4,7-11H2,1H3;2-4,6,10H,5H2,1H3;1H3,(H,3,4). The number of nitrogens with zero attached hydrogens (tertiary/aromatic N) is 2. The molecule has 2 N–H and O–H groups in total. The number of rotatable bonds is 2. The Labute approximate surface area is 220 Å². The number of fused-ring (bicyclic) bond motifs is 2. The third-order valence-corrected chi connectivity index (χ3v) is 6.92. The second-order valence-corrected chi connectivity index (χ2v) is 9.82. The van der Waals surface area contributed by atoms with Gasteiger partial charge >= 0.3 is 6.18 Å². The Balaban J connectivity index is 0.000000220. The highest BCUT2D eigenvalue weighted by atomic mass is 19.4. The van der Waals surface area contributed by atoms with E-state index in [1.54, 1.807) is 23.1 Å². The van der Waals surface area contributed by atoms with E-state index in [0.29, 0.717) is 44.2 Å². The van der Waals surface area contributed by atoms with Crippen LogP contribution in [0.3, 0.4) is 0 Å². The maximum Gasteiger partial charge on any atom is 0.416 e. The molecule has 1 amide bonds. The number of halogens is 3. The maximum absolute atomic E-state index is 13.4. The summed E-state index contributed by atoms with van der Waals surface area (Å²) in [7, 11) is 0. The van der Waals surface area contributed by atoms with Gasteiger partial charge in [-0.05, 0) is 48.1 Å². The Kier molecular flexibility index (Phi) is 9.65. The van der Waals surface area contributed by atoms with E-state index >= 15 is 0 Å². The van der Waals surface area contributed by atoms with Gasteiger partial charge < -0.3 is 19.8 Å². The molecule has 2 aromatic carbocycles. The highest BCUT2D eigenvalue weighted by Gasteiger charge is 2.36. The summed E-state index contributed by atoms with van der Waals surface area (Å²) in [5.41, 5.74) is 3.11. The monoisotopic (exact) mass is 536 g/mol. The summed E-state index contributed by atoms with van der Waals surface area (Å²) in [5.74, 6) is 0.766. The van der Waals surface area contributed by atoms with Crippen LogP contribution in [-0.2, 0) is 35.2 Å². The first-order chi connectivity index (χ1) is 17.9. The first-order valence-electron chi connectivity index (χ1n) is 12.7. The number of phenolic OH excluding ortho intramolecular Hbond substituents is 1. The average Bonchev–Trinajstić information content (AvgIpc) is 3.46. The van der Waals surface area contributed by atoms with Crippen molar-refractivity contribution >= 4 is 11.9 Å². The van der Waals surface area contributed by atoms with Crippen LogP contribution in [0.2, 0.25) is 0 Å². The van der Waals surface area contributed by atoms with Crippen LogP contribution < -0.4 is 4.74 Å². The van der Waals surface area contributed by atoms with E-state index in [-0.39, 0.29) is 11.7 Å². The molecule has 2 aromatic rings. The fraction of sp³-hybridized carbons (Fsp3) is 0.500. The number of aryl methyl sites for hydroxylation is 1. The van der Waals surface area contributed by atoms with E-state index in [1.165, 1.54) is 18.6 Å². The highest BCUT2D eigenvalue weighted by molar-refractivity contribution is 5.73. The summed E-state index contributed by atoms with van der Waals surface area (Å²) in [6.07, 6.45) is -1.77. The maximum atomic E-state index is 13.4. The molecule has 0 radical (unpaired) electrons. The zero-order valence-electron chi connectivity index (χ0n) is 22.0. The van der Waals surface area contributed by atoms with Crippen molar-refractivity contribution in [3.05, 3.63) is 58.1 Å². The van der Waals surface area contributed by atoms with Gasteiger partial charge in [-0.25, -0.2) is 0 Å². The van der Waals surface area contributed by atoms with Gasteiger partial charge in [0, 0.05) is 64.1 Å². The lowest BCUT2D eigenvalue weighted by Crippen LogP contribution is -2.47. The minimum absolute atomic E-state index is 0.0289. The number of carbonyl (C=O) groups excluding carboxylic acids is 1. The number of ether oxygens (including phenoxy) is 1. The van der Waals surface area contributed by atoms with Gasteiger partial charge in [0.25, 0.3) is 5.97 Å². The molecule has 1 aliphatic carbocycles. The molecule has 0 aromatic heterocycles. The van der Waals surface area contributed by atoms with Crippen LogP contribution in [0.1, 0.15) is 60.9 Å². The smallest absolute Gasteiger partial charge is 0.416 e. The largest absolute Gasteiger partial charge is 0.508 e. The molecule has 0 spiro atoms. The third-order valence-electron chi connectivity index (χ3n) is 6.92. The molecule has 5 rings (SSSR count). The van der Waals surface area contributed by atoms with Crippen LogP contribution in [0.5, 0.6) is 11.5 Å². The number of aliphatic carboxylic acids is 1. The van der Waals surface area contributed by atoms with Gasteiger partial charge in [0.1, 0.15) is 11.5 Å². The van der Waals surface area contributed by atoms with Crippen molar-refractivity contribution < 1.29 is 37.7 Å². The van der Waals surface area contributed by atoms with Gasteiger partial charge in [-0.2, -0.15) is 13.2 Å². The van der Waals surface area contributed by atoms with Crippen molar-refractivity contribution in [2.24, 2.45) is 0 Å². The molecular formula is C28H35F3N2O5. The van der Waals surface area contributed by atoms with Crippen LogP contribution in [-0.4, -0.2) is 64.7 Å². The summed E-state index contributed by atoms with van der Waals surface area (Å²) in [6, 6.07) is 8.17. The third kappa shape index (κ3) is 7.63. The molecule has 1 saturated heterocycles. The molecule has 38 heavy (non-hydrogen) atoms. The number of hydrogen-bond donors (Lipinski definition) is 2. The predicted molar refractivity (Wildman–Crippen MR) is 136 cm³/mol. The Morgan fingerprint density at radius 2 is 1.71 bits per heavy atom. The molecule has 1 atom stereocenters. The lowest BCUT2D eigenvalue weighted by molar-refractivity contribution is -0.138. The van der Waals surface area contributed by atoms with Crippen LogP contribution in [0, 0.1) is 0 Å². The molecule has 0 bridgehead atoms. The van der Waals surface area contributed by atoms with Crippen LogP contribution in [0.25, 0.3) is 0 Å². The lowest BCUT2D eigenvalue weighted by atomic mass is 9.96. The van der Waals surface area contributed by atoms with Gasteiger partial charge in [0.05, 0.1) is 12.2 Å². The summed E-state index contributed by atoms with van der Waals surface area (Å²) in [6.45, 7) is 8.21. The van der Waals surface area contributed by atoms with E-state index in [9.17, 15) is 18.0 Å². The summed E-state index contributed by atoms with van der Waals surface area (Å²) < 4.78 is 45.4. The predicted octanol–water partition coefficient (Wildman–Crippen LogP) is 4.84. The quantitative estimate of drug-likeness (QED) is 0.571. The number of phenols is 1. The van der Waals surface area contributed by atoms with E-state index < -0.39 is 17.7 Å². The van der Waals surface area contributed by atoms with E-state index in [0.717, 1.165) is 49.7 Å². The van der Waals surface area contributed by atoms with E-state index in [4.69, 9.17) is 19.7 Å². The van der Waals surface area contributed by atoms with Crippen molar-refractivity contribution in [3.8, 4) is 11.5 Å². The lowest BCUT2D eigenvalue weighted by Gasteiger charge is -2.35. The second-order valence-electron chi connectivity index (χ2n) is 9.82. The zero-order chi connectivity index (χ0) is 28.0. The molecular weight excluding hydrogens is 501 g/mol. The topological polar surface area (TPSA) is 90.3 Å². The number of aromatic hydroxyl groups is 1. The number of carboxylic acids is 1. The first kappa shape index (κ1) is 29.3. The number of hydrogen-bond acceptors (Lipinski definition) is 5. The second kappa shape index (κ2) is 12.5. The molecule has 2 heterocycles. The molecule has 0 saturated carbocycles. The zero-order valence-corrected chi connectivity index (χ0v) is 22.0. The molecule has 208 valence electrons. The first-order valence-corrected chi connectivity index (χ1v) is 12.7. The normalized spacial score (nSPS) is 18.3. The van der Waals surface area contributed by atoms with E-state index in [2.05, 4.69) is 6.92 Å². The van der Waals surface area contributed by atoms with Crippen LogP contribution in [0.15, 0.2) is 30.3 Å². The fourth-order valence-electron chi connectivity index (χ4n) is 4.99. The Hall–Kier alpha value is -3.27. The Morgan fingerprint density at radius 3 is 2.32 bits per heavy atom. The highest BCUT2D eigenvalue weighted by Crippen LogP contribution is 2.38. The van der Waals surface area contributed by atoms with E-state index in [1.807, 2.05) is 11.0 Å². The molecule has 7 nitrogen and oxygen atoms in total. The molecule has 10 heteroatoms. The summed E-state index contributed by atoms with van der Waals surface area (Å²) in [5, 5.41) is 16.5. The number of piperazine rings is 1. The number of alkyl halides is 3. The molecule has 2 aliphatic heterocycles. The van der Waals surface area contributed by atoms with Gasteiger partial charge in [-0.3, -0.25) is 14.5 Å². The summed E-state index contributed by atoms with van der Waals surface area (Å²) in [4.78, 5) is 24.1. The van der Waals surface area contributed by atoms with Crippen LogP contribution >= 0.6 is 0 Å². The SMILES string of the molecule is CC(=O)N1CCN(Cc2c(C(F)(F)F)ccc3c2CCC3)CC1.CC(=O)O.CC1COc2cc(O)ccc21. The van der Waals surface area contributed by atoms with Crippen molar-refractivity contribution in [2.45, 2.75) is 58.7 Å². The van der Waals surface area contributed by atoms with Crippen molar-refractivity contribution in [2.75, 3.05) is 32.8 Å². The average molecular weight is 537 g/mol. The number of carbonyl (C=O) groups is 2. The van der Waals surface area contributed by atoms with Gasteiger partial charge in [-0.15, -0.1) is 0 Å². The molecule has 1 unspecified atom stereocenters. The van der Waals surface area contributed by atoms with Gasteiger partial charge in [0.15, 0.2) is 0 Å². The number of benzene rings is 2. The Bertz CT molecular complexity index is 1140. The van der Waals surface area contributed by atoms with Crippen molar-refractivity contribution in [1.29, 1.82) is 0 Å². The van der Waals surface area contributed by atoms with Crippen molar-refractivity contribution in [3.63, 3.8) is 0 Å². The van der Waals surface area contributed by atoms with Gasteiger partial charge in [0.2, 0.25) is 5.91 Å². The van der Waals surface area contributed by atoms with Gasteiger partial charge in [-0.1, -0.05) is 19.1 Å². The fourth-order valence-corrected chi connectivity index (χ4v) is 4.99. The molecule has 1 fully saturated rings.